The molecule has 0 aliphatic heterocycles. The monoisotopic (exact) mass is 829 g/mol. The summed E-state index contributed by atoms with van der Waals surface area (Å²) in [6.07, 6.45) is 0. The molecule has 0 amide bonds. The second kappa shape index (κ2) is 19.0. The van der Waals surface area contributed by atoms with Gasteiger partial charge in [-0.05, 0) is 104 Å². The van der Waals surface area contributed by atoms with Crippen molar-refractivity contribution >= 4 is 50.6 Å². The summed E-state index contributed by atoms with van der Waals surface area (Å²) in [6.45, 7) is 0. The third-order valence-electron chi connectivity index (χ3n) is 9.39. The van der Waals surface area contributed by atoms with E-state index in [0.717, 1.165) is 37.9 Å². The maximum Gasteiger partial charge on any atom is 2.00 e. The standard InChI is InChI=1S/C33H22ClN3.C18H13Br.Mg.2H/c34-33-36-31(29-18-8-15-26(21-29)24-12-5-2-6-13-24)35-32(37-33)30-19-9-17-28(22-30)27-16-7-14-25(20-27)23-10-3-1-4-11-23;19-18-11-5-10-17(13-18)16-9-4-8-15(12-16)14-6-2-1-3-7-14;;;/h1-22H;1-13H;;;/q;;+2;2*-1. The Kier molecular flexibility index (Phi) is 13.2. The molecular weight excluding hydrogens is 794 g/mol. The van der Waals surface area contributed by atoms with Gasteiger partial charge in [0, 0.05) is 15.6 Å². The molecule has 57 heavy (non-hydrogen) atoms. The SMILES string of the molecule is Brc1cccc(-c2cccc(-c3ccccc3)c2)c1.Clc1nc(-c2cccc(-c3ccccc3)c2)nc(-c2cccc(-c3cccc(-c4ccccc4)c3)c2)n1.[H-].[H-].[Mg+2]. The van der Waals surface area contributed by atoms with Crippen LogP contribution in [0.4, 0.5) is 0 Å². The van der Waals surface area contributed by atoms with Gasteiger partial charge in [0.15, 0.2) is 11.6 Å². The molecule has 0 aliphatic carbocycles. The molecule has 0 saturated carbocycles. The van der Waals surface area contributed by atoms with Gasteiger partial charge in [-0.25, -0.2) is 4.98 Å². The van der Waals surface area contributed by atoms with Crippen LogP contribution in [-0.4, -0.2) is 38.0 Å². The average Bonchev–Trinajstić information content (AvgIpc) is 3.27. The Morgan fingerprint density at radius 3 is 0.912 bits per heavy atom. The van der Waals surface area contributed by atoms with Crippen LogP contribution in [0.5, 0.6) is 0 Å². The molecule has 8 aromatic carbocycles. The van der Waals surface area contributed by atoms with Crippen molar-refractivity contribution in [1.82, 2.24) is 15.0 Å². The molecule has 0 N–H and O–H groups in total. The molecule has 0 unspecified atom stereocenters. The van der Waals surface area contributed by atoms with E-state index in [9.17, 15) is 0 Å². The minimum Gasteiger partial charge on any atom is -1.00 e. The van der Waals surface area contributed by atoms with Crippen LogP contribution in [0.1, 0.15) is 2.85 Å². The normalized spacial score (nSPS) is 10.5. The Balaban J connectivity index is 0.000000256. The first kappa shape index (κ1) is 39.5. The first-order valence-corrected chi connectivity index (χ1v) is 19.5. The molecule has 0 saturated heterocycles. The molecule has 0 spiro atoms. The Bertz CT molecular complexity index is 2740. The Morgan fingerprint density at radius 2 is 0.561 bits per heavy atom. The molecule has 1 aromatic heterocycles. The van der Waals surface area contributed by atoms with E-state index < -0.39 is 0 Å². The first-order valence-electron chi connectivity index (χ1n) is 18.3. The number of hydrogen-bond acceptors (Lipinski definition) is 3. The zero-order valence-corrected chi connectivity index (χ0v) is 34.8. The molecule has 272 valence electrons. The van der Waals surface area contributed by atoms with Crippen molar-refractivity contribution in [1.29, 1.82) is 0 Å². The zero-order valence-electron chi connectivity index (χ0n) is 33.0. The molecule has 3 nitrogen and oxygen atoms in total. The molecular formula is C51H37BrClMgN3. The fourth-order valence-electron chi connectivity index (χ4n) is 6.60. The summed E-state index contributed by atoms with van der Waals surface area (Å²) in [5.74, 6) is 1.09. The molecule has 9 aromatic rings. The maximum atomic E-state index is 6.39. The summed E-state index contributed by atoms with van der Waals surface area (Å²) in [6, 6.07) is 73.0. The number of rotatable bonds is 7. The van der Waals surface area contributed by atoms with Gasteiger partial charge < -0.3 is 2.85 Å². The van der Waals surface area contributed by atoms with E-state index in [0.29, 0.717) is 11.6 Å². The van der Waals surface area contributed by atoms with Crippen molar-refractivity contribution in [2.24, 2.45) is 0 Å². The van der Waals surface area contributed by atoms with Gasteiger partial charge in [0.25, 0.3) is 0 Å². The smallest absolute Gasteiger partial charge is 1.00 e. The van der Waals surface area contributed by atoms with E-state index in [1.807, 2.05) is 60.7 Å². The van der Waals surface area contributed by atoms with Gasteiger partial charge in [-0.15, -0.1) is 0 Å². The number of benzene rings is 8. The van der Waals surface area contributed by atoms with Crippen molar-refractivity contribution in [2.45, 2.75) is 0 Å². The van der Waals surface area contributed by atoms with Crippen molar-refractivity contribution in [2.75, 3.05) is 0 Å². The van der Waals surface area contributed by atoms with Crippen LogP contribution in [0.3, 0.4) is 0 Å². The molecule has 0 fully saturated rings. The predicted octanol–water partition coefficient (Wildman–Crippen LogP) is 14.5. The minimum absolute atomic E-state index is 0. The first-order chi connectivity index (χ1) is 27.6. The third-order valence-corrected chi connectivity index (χ3v) is 10.0. The van der Waals surface area contributed by atoms with Crippen molar-refractivity contribution in [3.63, 3.8) is 0 Å². The second-order valence-electron chi connectivity index (χ2n) is 13.2. The maximum absolute atomic E-state index is 6.39. The van der Waals surface area contributed by atoms with Gasteiger partial charge in [0.1, 0.15) is 0 Å². The van der Waals surface area contributed by atoms with E-state index in [-0.39, 0.29) is 31.2 Å². The number of nitrogens with zero attached hydrogens (tertiary/aromatic N) is 3. The minimum atomic E-state index is 0. The Labute approximate surface area is 366 Å². The van der Waals surface area contributed by atoms with Gasteiger partial charge in [-0.2, -0.15) is 9.97 Å². The second-order valence-corrected chi connectivity index (χ2v) is 14.4. The van der Waals surface area contributed by atoms with Gasteiger partial charge in [0.05, 0.1) is 0 Å². The molecule has 0 bridgehead atoms. The van der Waals surface area contributed by atoms with Crippen LogP contribution in [0, 0.1) is 0 Å². The third kappa shape index (κ3) is 10.0. The van der Waals surface area contributed by atoms with E-state index in [1.165, 1.54) is 33.4 Å². The summed E-state index contributed by atoms with van der Waals surface area (Å²) in [7, 11) is 0. The molecule has 1 heterocycles. The fourth-order valence-corrected chi connectivity index (χ4v) is 7.16. The molecule has 9 rings (SSSR count). The summed E-state index contributed by atoms with van der Waals surface area (Å²) >= 11 is 9.91. The molecule has 0 aliphatic rings. The Hall–Kier alpha value is -5.69. The molecule has 6 heteroatoms. The summed E-state index contributed by atoms with van der Waals surface area (Å²) in [5, 5.41) is 0.168. The van der Waals surface area contributed by atoms with Crippen LogP contribution in [-0.2, 0) is 0 Å². The van der Waals surface area contributed by atoms with Crippen molar-refractivity contribution < 1.29 is 2.85 Å². The van der Waals surface area contributed by atoms with E-state index in [1.54, 1.807) is 0 Å². The van der Waals surface area contributed by atoms with Gasteiger partial charge in [-0.1, -0.05) is 192 Å². The largest absolute Gasteiger partial charge is 2.00 e. The van der Waals surface area contributed by atoms with E-state index >= 15 is 0 Å². The van der Waals surface area contributed by atoms with Gasteiger partial charge >= 0.3 is 23.1 Å². The number of halogens is 2. The topological polar surface area (TPSA) is 38.7 Å². The average molecular weight is 832 g/mol. The summed E-state index contributed by atoms with van der Waals surface area (Å²) in [5.41, 5.74) is 13.5. The summed E-state index contributed by atoms with van der Waals surface area (Å²) < 4.78 is 1.11. The van der Waals surface area contributed by atoms with E-state index in [2.05, 4.69) is 178 Å². The molecule has 0 atom stereocenters. The van der Waals surface area contributed by atoms with E-state index in [4.69, 9.17) is 16.6 Å². The van der Waals surface area contributed by atoms with Crippen LogP contribution >= 0.6 is 27.5 Å². The van der Waals surface area contributed by atoms with Gasteiger partial charge in [-0.3, -0.25) is 0 Å². The van der Waals surface area contributed by atoms with Crippen LogP contribution in [0.2, 0.25) is 5.28 Å². The Morgan fingerprint density at radius 1 is 0.298 bits per heavy atom. The zero-order chi connectivity index (χ0) is 38.1. The summed E-state index contributed by atoms with van der Waals surface area (Å²) in [4.78, 5) is 13.7. The van der Waals surface area contributed by atoms with Gasteiger partial charge in [0.2, 0.25) is 5.28 Å². The van der Waals surface area contributed by atoms with Crippen LogP contribution in [0.15, 0.2) is 217 Å². The fraction of sp³-hybridized carbons (Fsp3) is 0. The van der Waals surface area contributed by atoms with Crippen LogP contribution in [0.25, 0.3) is 78.4 Å². The quantitative estimate of drug-likeness (QED) is 0.150. The van der Waals surface area contributed by atoms with Crippen molar-refractivity contribution in [3.05, 3.63) is 222 Å². The molecule has 0 radical (unpaired) electrons. The van der Waals surface area contributed by atoms with Crippen LogP contribution < -0.4 is 0 Å². The van der Waals surface area contributed by atoms with Crippen molar-refractivity contribution in [3.8, 4) is 78.4 Å². The predicted molar refractivity (Wildman–Crippen MR) is 245 cm³/mol. The number of hydrogen-bond donors (Lipinski definition) is 0. The number of aromatic nitrogens is 3.